The summed E-state index contributed by atoms with van der Waals surface area (Å²) >= 11 is 0. The summed E-state index contributed by atoms with van der Waals surface area (Å²) in [7, 11) is 0. The first kappa shape index (κ1) is 14.7. The van der Waals surface area contributed by atoms with E-state index in [4.69, 9.17) is 5.73 Å². The predicted octanol–water partition coefficient (Wildman–Crippen LogP) is 2.21. The molecular formula is C15H24N2O. The third kappa shape index (κ3) is 5.32. The van der Waals surface area contributed by atoms with Gasteiger partial charge < -0.3 is 10.6 Å². The van der Waals surface area contributed by atoms with Crippen LogP contribution in [0.25, 0.3) is 0 Å². The van der Waals surface area contributed by atoms with Crippen molar-refractivity contribution in [2.24, 2.45) is 5.73 Å². The van der Waals surface area contributed by atoms with Gasteiger partial charge in [0.2, 0.25) is 5.91 Å². The Hall–Kier alpha value is -1.35. The standard InChI is InChI=1S/C15H24N2O/c1-4-17(14(18)12-15(2,3)16)11-10-13-8-6-5-7-9-13/h5-9H,4,10-12,16H2,1-3H3. The van der Waals surface area contributed by atoms with Crippen LogP contribution in [0.15, 0.2) is 30.3 Å². The van der Waals surface area contributed by atoms with Gasteiger partial charge in [-0.1, -0.05) is 30.3 Å². The first-order chi connectivity index (χ1) is 8.42. The molecule has 1 rings (SSSR count). The largest absolute Gasteiger partial charge is 0.343 e. The lowest BCUT2D eigenvalue weighted by Crippen LogP contribution is -2.41. The summed E-state index contributed by atoms with van der Waals surface area (Å²) < 4.78 is 0. The molecule has 2 N–H and O–H groups in total. The molecule has 0 saturated carbocycles. The molecule has 1 aromatic rings. The smallest absolute Gasteiger partial charge is 0.224 e. The first-order valence-electron chi connectivity index (χ1n) is 6.53. The Kier molecular flexibility index (Phi) is 5.35. The van der Waals surface area contributed by atoms with E-state index in [1.54, 1.807) is 0 Å². The molecule has 0 aliphatic carbocycles. The summed E-state index contributed by atoms with van der Waals surface area (Å²) in [4.78, 5) is 13.9. The molecule has 100 valence electrons. The molecule has 0 spiro atoms. The van der Waals surface area contributed by atoms with Gasteiger partial charge in [-0.05, 0) is 32.8 Å². The minimum atomic E-state index is -0.433. The van der Waals surface area contributed by atoms with E-state index < -0.39 is 5.54 Å². The molecule has 3 nitrogen and oxygen atoms in total. The summed E-state index contributed by atoms with van der Waals surface area (Å²) in [6.07, 6.45) is 1.29. The molecular weight excluding hydrogens is 224 g/mol. The molecule has 0 atom stereocenters. The van der Waals surface area contributed by atoms with Gasteiger partial charge in [0.1, 0.15) is 0 Å². The lowest BCUT2D eigenvalue weighted by molar-refractivity contribution is -0.132. The average Bonchev–Trinajstić information content (AvgIpc) is 2.29. The second-order valence-corrected chi connectivity index (χ2v) is 5.37. The molecule has 0 aliphatic rings. The van der Waals surface area contributed by atoms with Crippen LogP contribution in [-0.4, -0.2) is 29.4 Å². The highest BCUT2D eigenvalue weighted by Gasteiger charge is 2.20. The molecule has 0 saturated heterocycles. The zero-order valence-electron chi connectivity index (χ0n) is 11.6. The molecule has 0 fully saturated rings. The molecule has 3 heteroatoms. The number of amides is 1. The highest BCUT2D eigenvalue weighted by Crippen LogP contribution is 2.08. The van der Waals surface area contributed by atoms with Gasteiger partial charge in [-0.2, -0.15) is 0 Å². The maximum Gasteiger partial charge on any atom is 0.224 e. The van der Waals surface area contributed by atoms with Crippen molar-refractivity contribution in [3.8, 4) is 0 Å². The molecule has 0 heterocycles. The van der Waals surface area contributed by atoms with Crippen molar-refractivity contribution >= 4 is 5.91 Å². The topological polar surface area (TPSA) is 46.3 Å². The summed E-state index contributed by atoms with van der Waals surface area (Å²) in [6, 6.07) is 10.2. The maximum absolute atomic E-state index is 12.1. The number of carbonyl (C=O) groups excluding carboxylic acids is 1. The zero-order chi connectivity index (χ0) is 13.6. The fourth-order valence-electron chi connectivity index (χ4n) is 1.87. The third-order valence-corrected chi connectivity index (χ3v) is 2.85. The van der Waals surface area contributed by atoms with Gasteiger partial charge in [-0.3, -0.25) is 4.79 Å². The van der Waals surface area contributed by atoms with Crippen LogP contribution in [0.4, 0.5) is 0 Å². The quantitative estimate of drug-likeness (QED) is 0.839. The number of nitrogens with two attached hydrogens (primary N) is 1. The van der Waals surface area contributed by atoms with E-state index >= 15 is 0 Å². The number of carbonyl (C=O) groups is 1. The SMILES string of the molecule is CCN(CCc1ccccc1)C(=O)CC(C)(C)N. The molecule has 1 amide bonds. The molecule has 0 aromatic heterocycles. The van der Waals surface area contributed by atoms with Gasteiger partial charge in [0.05, 0.1) is 0 Å². The van der Waals surface area contributed by atoms with E-state index in [1.165, 1.54) is 5.56 Å². The Bertz CT molecular complexity index is 368. The maximum atomic E-state index is 12.1. The van der Waals surface area contributed by atoms with Gasteiger partial charge in [0.25, 0.3) is 0 Å². The van der Waals surface area contributed by atoms with Gasteiger partial charge in [0.15, 0.2) is 0 Å². The minimum Gasteiger partial charge on any atom is -0.343 e. The summed E-state index contributed by atoms with van der Waals surface area (Å²) in [5.41, 5.74) is 6.72. The van der Waals surface area contributed by atoms with Gasteiger partial charge in [-0.25, -0.2) is 0 Å². The van der Waals surface area contributed by atoms with Gasteiger partial charge >= 0.3 is 0 Å². The number of nitrogens with zero attached hydrogens (tertiary/aromatic N) is 1. The van der Waals surface area contributed by atoms with Crippen LogP contribution < -0.4 is 5.73 Å². The summed E-state index contributed by atoms with van der Waals surface area (Å²) in [5.74, 6) is 0.140. The van der Waals surface area contributed by atoms with Gasteiger partial charge in [0, 0.05) is 25.0 Å². The summed E-state index contributed by atoms with van der Waals surface area (Å²) in [6.45, 7) is 7.27. The highest BCUT2D eigenvalue weighted by molar-refractivity contribution is 5.77. The Morgan fingerprint density at radius 1 is 1.28 bits per heavy atom. The zero-order valence-corrected chi connectivity index (χ0v) is 11.6. The van der Waals surface area contributed by atoms with E-state index in [0.29, 0.717) is 6.42 Å². The van der Waals surface area contributed by atoms with E-state index in [1.807, 2.05) is 43.9 Å². The Morgan fingerprint density at radius 2 is 1.89 bits per heavy atom. The summed E-state index contributed by atoms with van der Waals surface area (Å²) in [5, 5.41) is 0. The normalized spacial score (nSPS) is 11.3. The number of hydrogen-bond acceptors (Lipinski definition) is 2. The van der Waals surface area contributed by atoms with Crippen molar-refractivity contribution in [2.45, 2.75) is 39.2 Å². The van der Waals surface area contributed by atoms with Crippen LogP contribution in [0.1, 0.15) is 32.8 Å². The number of hydrogen-bond donors (Lipinski definition) is 1. The third-order valence-electron chi connectivity index (χ3n) is 2.85. The van der Waals surface area contributed by atoms with Crippen molar-refractivity contribution < 1.29 is 4.79 Å². The van der Waals surface area contributed by atoms with Crippen LogP contribution >= 0.6 is 0 Å². The van der Waals surface area contributed by atoms with E-state index in [2.05, 4.69) is 12.1 Å². The number of likely N-dealkylation sites (N-methyl/N-ethyl adjacent to an activating group) is 1. The Morgan fingerprint density at radius 3 is 2.39 bits per heavy atom. The molecule has 0 unspecified atom stereocenters. The lowest BCUT2D eigenvalue weighted by atomic mass is 10.0. The Labute approximate surface area is 110 Å². The van der Waals surface area contributed by atoms with Crippen molar-refractivity contribution in [2.75, 3.05) is 13.1 Å². The minimum absolute atomic E-state index is 0.140. The van der Waals surface area contributed by atoms with Gasteiger partial charge in [-0.15, -0.1) is 0 Å². The lowest BCUT2D eigenvalue weighted by Gasteiger charge is -2.25. The molecule has 1 aromatic carbocycles. The van der Waals surface area contributed by atoms with E-state index in [-0.39, 0.29) is 5.91 Å². The van der Waals surface area contributed by atoms with E-state index in [9.17, 15) is 4.79 Å². The molecule has 0 bridgehead atoms. The second-order valence-electron chi connectivity index (χ2n) is 5.37. The van der Waals surface area contributed by atoms with Crippen molar-refractivity contribution in [3.63, 3.8) is 0 Å². The second kappa shape index (κ2) is 6.55. The van der Waals surface area contributed by atoms with Crippen LogP contribution in [0.5, 0.6) is 0 Å². The highest BCUT2D eigenvalue weighted by atomic mass is 16.2. The first-order valence-corrected chi connectivity index (χ1v) is 6.53. The fraction of sp³-hybridized carbons (Fsp3) is 0.533. The number of rotatable bonds is 6. The molecule has 0 radical (unpaired) electrons. The van der Waals surface area contributed by atoms with Crippen LogP contribution in [0, 0.1) is 0 Å². The molecule has 0 aliphatic heterocycles. The van der Waals surface area contributed by atoms with Crippen LogP contribution in [0.3, 0.4) is 0 Å². The van der Waals surface area contributed by atoms with Crippen molar-refractivity contribution in [1.29, 1.82) is 0 Å². The molecule has 18 heavy (non-hydrogen) atoms. The van der Waals surface area contributed by atoms with Crippen molar-refractivity contribution in [1.82, 2.24) is 4.90 Å². The predicted molar refractivity (Wildman–Crippen MR) is 75.3 cm³/mol. The van der Waals surface area contributed by atoms with Crippen LogP contribution in [-0.2, 0) is 11.2 Å². The Balaban J connectivity index is 2.50. The van der Waals surface area contributed by atoms with E-state index in [0.717, 1.165) is 19.5 Å². The van der Waals surface area contributed by atoms with Crippen molar-refractivity contribution in [3.05, 3.63) is 35.9 Å². The van der Waals surface area contributed by atoms with Crippen LogP contribution in [0.2, 0.25) is 0 Å². The fourth-order valence-corrected chi connectivity index (χ4v) is 1.87. The number of benzene rings is 1. The average molecular weight is 248 g/mol. The monoisotopic (exact) mass is 248 g/mol.